The summed E-state index contributed by atoms with van der Waals surface area (Å²) in [6.45, 7) is 1.62. The number of ether oxygens (including phenoxy) is 1. The Kier molecular flexibility index (Phi) is 5.12. The van der Waals surface area contributed by atoms with Crippen molar-refractivity contribution in [1.29, 1.82) is 10.7 Å². The lowest BCUT2D eigenvalue weighted by Gasteiger charge is -2.17. The third-order valence-electron chi connectivity index (χ3n) is 3.99. The molecule has 2 N–H and O–H groups in total. The first-order chi connectivity index (χ1) is 12.1. The highest BCUT2D eigenvalue weighted by Gasteiger charge is 2.29. The van der Waals surface area contributed by atoms with Crippen LogP contribution in [0.4, 0.5) is 0 Å². The monoisotopic (exact) mass is 354 g/mol. The fourth-order valence-corrected chi connectivity index (χ4v) is 3.58. The topological polar surface area (TPSA) is 93.2 Å². The number of amidine groups is 1. The van der Waals surface area contributed by atoms with Crippen LogP contribution in [0.3, 0.4) is 0 Å². The Morgan fingerprint density at radius 3 is 2.84 bits per heavy atom. The number of aliphatic hydroxyl groups is 1. The second-order valence-electron chi connectivity index (χ2n) is 5.67. The number of hydrogen-bond donors (Lipinski definition) is 2. The molecule has 2 heterocycles. The van der Waals surface area contributed by atoms with E-state index < -0.39 is 0 Å². The third kappa shape index (κ3) is 3.55. The van der Waals surface area contributed by atoms with E-state index in [2.05, 4.69) is 11.1 Å². The van der Waals surface area contributed by atoms with Crippen LogP contribution in [-0.4, -0.2) is 47.6 Å². The average Bonchev–Trinajstić information content (AvgIpc) is 3.20. The smallest absolute Gasteiger partial charge is 0.135 e. The standard InChI is InChI=1S/C18H18N4O2S/c1-24-8-2-7-22-10-15(23)16(17(22)20)18-21-14(11-25-18)13-5-3-12(9-19)4-6-13/h3-6,11,20,23H,2,7-8,10H2,1H3. The molecule has 0 spiro atoms. The summed E-state index contributed by atoms with van der Waals surface area (Å²) in [5, 5.41) is 30.0. The predicted molar refractivity (Wildman–Crippen MR) is 97.6 cm³/mol. The van der Waals surface area contributed by atoms with E-state index in [4.69, 9.17) is 15.4 Å². The van der Waals surface area contributed by atoms with Crippen molar-refractivity contribution in [2.75, 3.05) is 26.8 Å². The molecule has 1 aromatic heterocycles. The number of nitriles is 1. The molecule has 0 atom stereocenters. The van der Waals surface area contributed by atoms with E-state index in [1.54, 1.807) is 19.2 Å². The van der Waals surface area contributed by atoms with Gasteiger partial charge in [-0.05, 0) is 18.6 Å². The van der Waals surface area contributed by atoms with Gasteiger partial charge in [0.2, 0.25) is 0 Å². The number of nitrogens with one attached hydrogen (secondary N) is 1. The van der Waals surface area contributed by atoms with Crippen LogP contribution in [0.2, 0.25) is 0 Å². The van der Waals surface area contributed by atoms with Gasteiger partial charge in [-0.3, -0.25) is 5.41 Å². The lowest BCUT2D eigenvalue weighted by Crippen LogP contribution is -2.28. The van der Waals surface area contributed by atoms with Crippen LogP contribution in [0.1, 0.15) is 17.0 Å². The maximum Gasteiger partial charge on any atom is 0.135 e. The van der Waals surface area contributed by atoms with Crippen LogP contribution in [0.25, 0.3) is 16.8 Å². The molecule has 0 radical (unpaired) electrons. The van der Waals surface area contributed by atoms with Gasteiger partial charge >= 0.3 is 0 Å². The molecule has 7 heteroatoms. The molecule has 0 fully saturated rings. The number of aromatic nitrogens is 1. The minimum absolute atomic E-state index is 0.183. The number of nitrogens with zero attached hydrogens (tertiary/aromatic N) is 3. The maximum atomic E-state index is 10.3. The lowest BCUT2D eigenvalue weighted by molar-refractivity contribution is 0.186. The maximum absolute atomic E-state index is 10.3. The van der Waals surface area contributed by atoms with E-state index in [9.17, 15) is 5.11 Å². The van der Waals surface area contributed by atoms with Crippen LogP contribution in [0.5, 0.6) is 0 Å². The molecular weight excluding hydrogens is 336 g/mol. The largest absolute Gasteiger partial charge is 0.510 e. The number of thiazole rings is 1. The molecule has 25 heavy (non-hydrogen) atoms. The van der Waals surface area contributed by atoms with E-state index in [1.807, 2.05) is 22.4 Å². The first-order valence-corrected chi connectivity index (χ1v) is 8.73. The van der Waals surface area contributed by atoms with Crippen LogP contribution in [0.15, 0.2) is 35.4 Å². The quantitative estimate of drug-likeness (QED) is 0.777. The Balaban J connectivity index is 1.78. The van der Waals surface area contributed by atoms with Crippen molar-refractivity contribution in [1.82, 2.24) is 9.88 Å². The molecule has 6 nitrogen and oxygen atoms in total. The van der Waals surface area contributed by atoms with Crippen molar-refractivity contribution in [3.05, 3.63) is 46.0 Å². The molecule has 2 aromatic rings. The zero-order valence-electron chi connectivity index (χ0n) is 13.8. The summed E-state index contributed by atoms with van der Waals surface area (Å²) in [7, 11) is 1.65. The van der Waals surface area contributed by atoms with Crippen molar-refractivity contribution in [2.24, 2.45) is 0 Å². The van der Waals surface area contributed by atoms with Gasteiger partial charge in [-0.15, -0.1) is 11.3 Å². The van der Waals surface area contributed by atoms with E-state index >= 15 is 0 Å². The Morgan fingerprint density at radius 2 is 2.16 bits per heavy atom. The molecule has 0 saturated carbocycles. The summed E-state index contributed by atoms with van der Waals surface area (Å²) in [5.41, 5.74) is 2.78. The van der Waals surface area contributed by atoms with Crippen molar-refractivity contribution < 1.29 is 9.84 Å². The van der Waals surface area contributed by atoms with Gasteiger partial charge in [0.25, 0.3) is 0 Å². The first kappa shape index (κ1) is 17.1. The Hall–Kier alpha value is -2.69. The molecule has 1 aromatic carbocycles. The summed E-state index contributed by atoms with van der Waals surface area (Å²) < 4.78 is 5.04. The molecule has 0 amide bonds. The number of aliphatic hydroxyl groups excluding tert-OH is 1. The summed E-state index contributed by atoms with van der Waals surface area (Å²) >= 11 is 1.40. The average molecular weight is 354 g/mol. The highest BCUT2D eigenvalue weighted by Crippen LogP contribution is 2.32. The SMILES string of the molecule is COCCCN1CC(O)=C(c2nc(-c3ccc(C#N)cc3)cs2)C1=N. The molecule has 1 aliphatic heterocycles. The van der Waals surface area contributed by atoms with Gasteiger partial charge in [0.15, 0.2) is 0 Å². The van der Waals surface area contributed by atoms with Crippen LogP contribution < -0.4 is 0 Å². The van der Waals surface area contributed by atoms with E-state index in [0.29, 0.717) is 41.7 Å². The van der Waals surface area contributed by atoms with Crippen molar-refractivity contribution in [3.63, 3.8) is 0 Å². The molecule has 3 rings (SSSR count). The highest BCUT2D eigenvalue weighted by molar-refractivity contribution is 7.11. The van der Waals surface area contributed by atoms with Gasteiger partial charge in [-0.1, -0.05) is 12.1 Å². The first-order valence-electron chi connectivity index (χ1n) is 7.85. The van der Waals surface area contributed by atoms with Crippen LogP contribution in [-0.2, 0) is 4.74 Å². The number of rotatable bonds is 6. The fourth-order valence-electron chi connectivity index (χ4n) is 2.69. The summed E-state index contributed by atoms with van der Waals surface area (Å²) in [4.78, 5) is 6.40. The summed E-state index contributed by atoms with van der Waals surface area (Å²) in [6.07, 6.45) is 0.799. The van der Waals surface area contributed by atoms with Gasteiger partial charge in [-0.2, -0.15) is 5.26 Å². The normalized spacial score (nSPS) is 14.2. The van der Waals surface area contributed by atoms with Crippen molar-refractivity contribution in [2.45, 2.75) is 6.42 Å². The minimum Gasteiger partial charge on any atom is -0.510 e. The summed E-state index contributed by atoms with van der Waals surface area (Å²) in [6, 6.07) is 9.29. The van der Waals surface area contributed by atoms with E-state index in [1.165, 1.54) is 11.3 Å². The summed E-state index contributed by atoms with van der Waals surface area (Å²) in [5.74, 6) is 0.484. The Bertz CT molecular complexity index is 849. The van der Waals surface area contributed by atoms with Gasteiger partial charge < -0.3 is 14.7 Å². The fraction of sp³-hybridized carbons (Fsp3) is 0.278. The zero-order valence-corrected chi connectivity index (χ0v) is 14.6. The Labute approximate surface area is 150 Å². The van der Waals surface area contributed by atoms with E-state index in [-0.39, 0.29) is 5.76 Å². The molecule has 0 saturated heterocycles. The second-order valence-corrected chi connectivity index (χ2v) is 6.52. The van der Waals surface area contributed by atoms with Crippen molar-refractivity contribution in [3.8, 4) is 17.3 Å². The zero-order chi connectivity index (χ0) is 17.8. The molecule has 0 bridgehead atoms. The molecule has 1 aliphatic rings. The number of hydrogen-bond acceptors (Lipinski definition) is 6. The minimum atomic E-state index is 0.183. The number of methoxy groups -OCH3 is 1. The molecule has 0 unspecified atom stereocenters. The lowest BCUT2D eigenvalue weighted by atomic mass is 10.1. The van der Waals surface area contributed by atoms with Crippen LogP contribution in [0, 0.1) is 16.7 Å². The highest BCUT2D eigenvalue weighted by atomic mass is 32.1. The molecular formula is C18H18N4O2S. The van der Waals surface area contributed by atoms with Gasteiger partial charge in [0.1, 0.15) is 16.6 Å². The van der Waals surface area contributed by atoms with Gasteiger partial charge in [0, 0.05) is 31.2 Å². The third-order valence-corrected chi connectivity index (χ3v) is 4.85. The van der Waals surface area contributed by atoms with Gasteiger partial charge in [0.05, 0.1) is 29.4 Å². The molecule has 128 valence electrons. The molecule has 0 aliphatic carbocycles. The van der Waals surface area contributed by atoms with Crippen LogP contribution >= 0.6 is 11.3 Å². The van der Waals surface area contributed by atoms with E-state index in [0.717, 1.165) is 17.7 Å². The second kappa shape index (κ2) is 7.47. The van der Waals surface area contributed by atoms with Gasteiger partial charge in [-0.25, -0.2) is 4.98 Å². The Morgan fingerprint density at radius 1 is 1.40 bits per heavy atom. The van der Waals surface area contributed by atoms with Crippen molar-refractivity contribution >= 4 is 22.7 Å². The number of benzene rings is 1. The predicted octanol–water partition coefficient (Wildman–Crippen LogP) is 3.28.